The molecule has 1 saturated carbocycles. The second-order valence-corrected chi connectivity index (χ2v) is 6.82. The van der Waals surface area contributed by atoms with Crippen LogP contribution in [0.4, 0.5) is 0 Å². The molecule has 0 spiro atoms. The number of nitrogens with zero attached hydrogens (tertiary/aromatic N) is 2. The van der Waals surface area contributed by atoms with E-state index in [0.29, 0.717) is 23.1 Å². The van der Waals surface area contributed by atoms with E-state index in [4.69, 9.17) is 5.11 Å². The van der Waals surface area contributed by atoms with Crippen molar-refractivity contribution >= 4 is 33.4 Å². The lowest BCUT2D eigenvalue weighted by Gasteiger charge is -2.28. The summed E-state index contributed by atoms with van der Waals surface area (Å²) >= 11 is 1.37. The van der Waals surface area contributed by atoms with E-state index < -0.39 is 11.5 Å². The lowest BCUT2D eigenvalue weighted by atomic mass is 9.93. The van der Waals surface area contributed by atoms with Gasteiger partial charge >= 0.3 is 5.97 Å². The van der Waals surface area contributed by atoms with E-state index in [2.05, 4.69) is 10.3 Å². The molecule has 23 heavy (non-hydrogen) atoms. The van der Waals surface area contributed by atoms with Crippen molar-refractivity contribution in [1.29, 1.82) is 0 Å². The summed E-state index contributed by atoms with van der Waals surface area (Å²) in [5, 5.41) is 14.2. The summed E-state index contributed by atoms with van der Waals surface area (Å²) in [5.74, 6) is -1.28. The fraction of sp³-hybridized carbons (Fsp3) is 0.467. The van der Waals surface area contributed by atoms with Crippen molar-refractivity contribution in [3.8, 4) is 0 Å². The summed E-state index contributed by atoms with van der Waals surface area (Å²) in [6.07, 6.45) is 4.38. The summed E-state index contributed by atoms with van der Waals surface area (Å²) < 4.78 is 1.26. The monoisotopic (exact) mass is 335 g/mol. The SMILES string of the molecule is O=C(O)CC1(NC(=O)Cn2cnc3sccc3c2=O)CCCC1. The van der Waals surface area contributed by atoms with Gasteiger partial charge < -0.3 is 10.4 Å². The van der Waals surface area contributed by atoms with Crippen LogP contribution in [0.25, 0.3) is 10.2 Å². The number of carboxylic acid groups (broad SMARTS) is 1. The summed E-state index contributed by atoms with van der Waals surface area (Å²) in [7, 11) is 0. The Kier molecular flexibility index (Phi) is 4.16. The molecular weight excluding hydrogens is 318 g/mol. The van der Waals surface area contributed by atoms with Crippen LogP contribution in [-0.2, 0) is 16.1 Å². The van der Waals surface area contributed by atoms with Crippen molar-refractivity contribution < 1.29 is 14.7 Å². The zero-order chi connectivity index (χ0) is 16.4. The van der Waals surface area contributed by atoms with E-state index in [0.717, 1.165) is 12.8 Å². The molecule has 1 amide bonds. The van der Waals surface area contributed by atoms with Gasteiger partial charge in [-0.3, -0.25) is 19.0 Å². The van der Waals surface area contributed by atoms with E-state index in [1.807, 2.05) is 0 Å². The molecule has 7 nitrogen and oxygen atoms in total. The molecule has 3 rings (SSSR count). The van der Waals surface area contributed by atoms with Crippen LogP contribution in [0.5, 0.6) is 0 Å². The van der Waals surface area contributed by atoms with Crippen molar-refractivity contribution in [3.05, 3.63) is 28.1 Å². The number of rotatable bonds is 5. The largest absolute Gasteiger partial charge is 0.481 e. The number of hydrogen-bond acceptors (Lipinski definition) is 5. The number of carbonyl (C=O) groups excluding carboxylic acids is 1. The number of carbonyl (C=O) groups is 2. The zero-order valence-corrected chi connectivity index (χ0v) is 13.3. The van der Waals surface area contributed by atoms with Crippen molar-refractivity contribution in [1.82, 2.24) is 14.9 Å². The molecule has 0 radical (unpaired) electrons. The van der Waals surface area contributed by atoms with Gasteiger partial charge in [0.2, 0.25) is 5.91 Å². The molecule has 0 aromatic carbocycles. The molecule has 1 fully saturated rings. The van der Waals surface area contributed by atoms with Gasteiger partial charge in [0.15, 0.2) is 0 Å². The van der Waals surface area contributed by atoms with Gasteiger partial charge in [-0.2, -0.15) is 0 Å². The number of amides is 1. The number of aromatic nitrogens is 2. The fourth-order valence-corrected chi connectivity index (χ4v) is 3.91. The Balaban J connectivity index is 1.76. The number of carboxylic acids is 1. The summed E-state index contributed by atoms with van der Waals surface area (Å²) in [6, 6.07) is 1.69. The molecule has 0 saturated heterocycles. The first-order valence-corrected chi connectivity index (χ1v) is 8.33. The van der Waals surface area contributed by atoms with Gasteiger partial charge in [0, 0.05) is 0 Å². The predicted octanol–water partition coefficient (Wildman–Crippen LogP) is 1.36. The molecule has 1 aliphatic carbocycles. The van der Waals surface area contributed by atoms with E-state index >= 15 is 0 Å². The van der Waals surface area contributed by atoms with Crippen LogP contribution in [0.15, 0.2) is 22.6 Å². The van der Waals surface area contributed by atoms with E-state index in [1.165, 1.54) is 22.2 Å². The molecule has 2 aromatic heterocycles. The van der Waals surface area contributed by atoms with E-state index in [9.17, 15) is 14.4 Å². The van der Waals surface area contributed by atoms with Gasteiger partial charge in [0.05, 0.1) is 23.7 Å². The highest BCUT2D eigenvalue weighted by Crippen LogP contribution is 2.32. The van der Waals surface area contributed by atoms with Gasteiger partial charge in [-0.15, -0.1) is 11.3 Å². The van der Waals surface area contributed by atoms with Crippen molar-refractivity contribution in [2.24, 2.45) is 0 Å². The molecule has 2 aromatic rings. The second kappa shape index (κ2) is 6.11. The summed E-state index contributed by atoms with van der Waals surface area (Å²) in [6.45, 7) is -0.154. The first-order chi connectivity index (χ1) is 11.0. The normalized spacial score (nSPS) is 16.5. The molecule has 122 valence electrons. The number of thiophene rings is 1. The average Bonchev–Trinajstić information content (AvgIpc) is 3.11. The minimum atomic E-state index is -0.925. The molecule has 1 aliphatic rings. The molecule has 2 heterocycles. The molecule has 0 bridgehead atoms. The summed E-state index contributed by atoms with van der Waals surface area (Å²) in [5.41, 5.74) is -0.947. The Morgan fingerprint density at radius 3 is 2.83 bits per heavy atom. The van der Waals surface area contributed by atoms with Crippen LogP contribution in [0.2, 0.25) is 0 Å². The quantitative estimate of drug-likeness (QED) is 0.859. The highest BCUT2D eigenvalue weighted by Gasteiger charge is 2.37. The zero-order valence-electron chi connectivity index (χ0n) is 12.4. The van der Waals surface area contributed by atoms with E-state index in [-0.39, 0.29) is 24.4 Å². The van der Waals surface area contributed by atoms with Crippen LogP contribution in [-0.4, -0.2) is 32.1 Å². The summed E-state index contributed by atoms with van der Waals surface area (Å²) in [4.78, 5) is 40.4. The topological polar surface area (TPSA) is 101 Å². The van der Waals surface area contributed by atoms with Gasteiger partial charge in [-0.05, 0) is 24.3 Å². The Bertz CT molecular complexity index is 804. The lowest BCUT2D eigenvalue weighted by molar-refractivity contribution is -0.139. The highest BCUT2D eigenvalue weighted by molar-refractivity contribution is 7.16. The number of fused-ring (bicyclic) bond motifs is 1. The van der Waals surface area contributed by atoms with Crippen LogP contribution in [0, 0.1) is 0 Å². The van der Waals surface area contributed by atoms with Gasteiger partial charge in [0.1, 0.15) is 11.4 Å². The van der Waals surface area contributed by atoms with Gasteiger partial charge in [0.25, 0.3) is 5.56 Å². The van der Waals surface area contributed by atoms with Crippen LogP contribution < -0.4 is 10.9 Å². The van der Waals surface area contributed by atoms with Crippen LogP contribution in [0.1, 0.15) is 32.1 Å². The molecule has 2 N–H and O–H groups in total. The molecule has 0 atom stereocenters. The predicted molar refractivity (Wildman–Crippen MR) is 85.5 cm³/mol. The minimum Gasteiger partial charge on any atom is -0.481 e. The molecule has 0 aliphatic heterocycles. The number of aliphatic carboxylic acids is 1. The third-order valence-corrected chi connectivity index (χ3v) is 5.04. The first-order valence-electron chi connectivity index (χ1n) is 7.45. The molecule has 8 heteroatoms. The first kappa shape index (κ1) is 15.7. The maximum atomic E-state index is 12.3. The van der Waals surface area contributed by atoms with Gasteiger partial charge in [-0.1, -0.05) is 12.8 Å². The van der Waals surface area contributed by atoms with Crippen molar-refractivity contribution in [2.45, 2.75) is 44.2 Å². The third-order valence-electron chi connectivity index (χ3n) is 4.22. The van der Waals surface area contributed by atoms with Crippen molar-refractivity contribution in [2.75, 3.05) is 0 Å². The van der Waals surface area contributed by atoms with Crippen LogP contribution in [0.3, 0.4) is 0 Å². The smallest absolute Gasteiger partial charge is 0.305 e. The Labute approximate surface area is 136 Å². The maximum Gasteiger partial charge on any atom is 0.305 e. The lowest BCUT2D eigenvalue weighted by Crippen LogP contribution is -2.49. The van der Waals surface area contributed by atoms with Crippen LogP contribution >= 0.6 is 11.3 Å². The average molecular weight is 335 g/mol. The molecule has 0 unspecified atom stereocenters. The molecular formula is C15H17N3O4S. The van der Waals surface area contributed by atoms with Crippen molar-refractivity contribution in [3.63, 3.8) is 0 Å². The highest BCUT2D eigenvalue weighted by atomic mass is 32.1. The minimum absolute atomic E-state index is 0.0878. The Hall–Kier alpha value is -2.22. The standard InChI is InChI=1S/C15H17N3O4S/c19-11(17-15(7-12(20)21)4-1-2-5-15)8-18-9-16-13-10(14(18)22)3-6-23-13/h3,6,9H,1-2,4-5,7-8H2,(H,17,19)(H,20,21). The Morgan fingerprint density at radius 2 is 2.13 bits per heavy atom. The Morgan fingerprint density at radius 1 is 1.39 bits per heavy atom. The third kappa shape index (κ3) is 3.26. The fourth-order valence-electron chi connectivity index (χ4n) is 3.18. The van der Waals surface area contributed by atoms with Gasteiger partial charge in [-0.25, -0.2) is 4.98 Å². The van der Waals surface area contributed by atoms with E-state index in [1.54, 1.807) is 11.4 Å². The number of nitrogens with one attached hydrogen (secondary N) is 1. The maximum absolute atomic E-state index is 12.3. The second-order valence-electron chi connectivity index (χ2n) is 5.92. The number of hydrogen-bond donors (Lipinski definition) is 2.